The monoisotopic (exact) mass is 458 g/mol. The molecule has 1 saturated carbocycles. The first kappa shape index (κ1) is 25.1. The Morgan fingerprint density at radius 1 is 1.09 bits per heavy atom. The molecule has 0 aromatic rings. The Bertz CT molecular complexity index is 873. The van der Waals surface area contributed by atoms with Crippen LogP contribution in [-0.4, -0.2) is 60.3 Å². The fourth-order valence-corrected chi connectivity index (χ4v) is 4.79. The molecular weight excluding hydrogens is 424 g/mol. The van der Waals surface area contributed by atoms with Gasteiger partial charge in [-0.1, -0.05) is 48.1 Å². The maximum absolute atomic E-state index is 12.4. The maximum Gasteiger partial charge on any atom is 0.331 e. The first-order chi connectivity index (χ1) is 15.7. The number of hydrogen-bond donors (Lipinski definition) is 1. The molecule has 1 spiro atoms. The van der Waals surface area contributed by atoms with Crippen molar-refractivity contribution in [3.05, 3.63) is 60.3 Å². The van der Waals surface area contributed by atoms with Crippen LogP contribution in [0.3, 0.4) is 0 Å². The molecule has 0 amide bonds. The summed E-state index contributed by atoms with van der Waals surface area (Å²) in [4.78, 5) is 22.8. The van der Waals surface area contributed by atoms with Gasteiger partial charge in [0.15, 0.2) is 0 Å². The standard InChI is InChI=1S/C26H34O7/c1-18(2)13-14-20-25(3,33-20)24-23(30-4)19(15-16-26(24)17-31-26)32-22(29)12-10-8-6-5-7-9-11-21(27)28/h5-13,19-20,23-24H,14-17H2,1-4H3,(H,27,28)/b7-5+,8-6+,11-9+,12-10+/t19-,20-,23-,24?,25?,26?/m1/s1. The number of hydrogen-bond acceptors (Lipinski definition) is 6. The summed E-state index contributed by atoms with van der Waals surface area (Å²) in [6.07, 6.45) is 16.0. The second kappa shape index (κ2) is 10.6. The third-order valence-electron chi connectivity index (χ3n) is 6.53. The first-order valence-corrected chi connectivity index (χ1v) is 11.3. The Morgan fingerprint density at radius 2 is 1.73 bits per heavy atom. The zero-order chi connectivity index (χ0) is 24.1. The molecule has 0 aromatic heterocycles. The number of methoxy groups -OCH3 is 1. The molecule has 0 bridgehead atoms. The molecule has 0 radical (unpaired) electrons. The van der Waals surface area contributed by atoms with Gasteiger partial charge in [0.05, 0.1) is 18.6 Å². The predicted molar refractivity (Wildman–Crippen MR) is 124 cm³/mol. The highest BCUT2D eigenvalue weighted by molar-refractivity contribution is 5.82. The van der Waals surface area contributed by atoms with E-state index in [2.05, 4.69) is 26.8 Å². The van der Waals surface area contributed by atoms with Gasteiger partial charge in [-0.05, 0) is 40.0 Å². The number of rotatable bonds is 10. The molecule has 1 aliphatic carbocycles. The van der Waals surface area contributed by atoms with Crippen molar-refractivity contribution in [1.82, 2.24) is 0 Å². The summed E-state index contributed by atoms with van der Waals surface area (Å²) in [5.74, 6) is -1.45. The van der Waals surface area contributed by atoms with Crippen LogP contribution in [0.2, 0.25) is 0 Å². The van der Waals surface area contributed by atoms with Gasteiger partial charge in [-0.15, -0.1) is 0 Å². The van der Waals surface area contributed by atoms with Crippen molar-refractivity contribution in [1.29, 1.82) is 0 Å². The van der Waals surface area contributed by atoms with Gasteiger partial charge in [-0.2, -0.15) is 0 Å². The number of aliphatic carboxylic acids is 1. The lowest BCUT2D eigenvalue weighted by molar-refractivity contribution is -0.166. The van der Waals surface area contributed by atoms with E-state index in [1.54, 1.807) is 37.5 Å². The number of carbonyl (C=O) groups excluding carboxylic acids is 1. The van der Waals surface area contributed by atoms with Gasteiger partial charge in [0, 0.05) is 19.3 Å². The Hall–Kier alpha value is -2.48. The van der Waals surface area contributed by atoms with Crippen molar-refractivity contribution >= 4 is 11.9 Å². The summed E-state index contributed by atoms with van der Waals surface area (Å²) in [6, 6.07) is 0. The zero-order valence-electron chi connectivity index (χ0n) is 19.7. The zero-order valence-corrected chi connectivity index (χ0v) is 19.7. The second-order valence-corrected chi connectivity index (χ2v) is 9.18. The Labute approximate surface area is 195 Å². The van der Waals surface area contributed by atoms with Gasteiger partial charge in [-0.3, -0.25) is 0 Å². The Kier molecular flexibility index (Phi) is 8.10. The van der Waals surface area contributed by atoms with Gasteiger partial charge in [0.1, 0.15) is 23.4 Å². The van der Waals surface area contributed by atoms with E-state index in [0.717, 1.165) is 18.9 Å². The van der Waals surface area contributed by atoms with Crippen LogP contribution in [0.5, 0.6) is 0 Å². The van der Waals surface area contributed by atoms with E-state index in [-0.39, 0.29) is 35.4 Å². The normalized spacial score (nSPS) is 35.6. The minimum atomic E-state index is -1.00. The van der Waals surface area contributed by atoms with Crippen LogP contribution < -0.4 is 0 Å². The second-order valence-electron chi connectivity index (χ2n) is 9.18. The van der Waals surface area contributed by atoms with Gasteiger partial charge in [0.25, 0.3) is 0 Å². The SMILES string of the molecule is CO[C@H]1C(C2(C)O[C@@H]2CC=C(C)C)C2(CC[C@H]1OC(=O)/C=C/C=C/C=C/C=C/C(=O)O)CO2. The minimum absolute atomic E-state index is 0.00928. The molecule has 2 heterocycles. The number of ether oxygens (including phenoxy) is 4. The van der Waals surface area contributed by atoms with Crippen molar-refractivity contribution in [2.45, 2.75) is 69.5 Å². The van der Waals surface area contributed by atoms with E-state index >= 15 is 0 Å². The molecule has 3 rings (SSSR count). The summed E-state index contributed by atoms with van der Waals surface area (Å²) in [6.45, 7) is 6.96. The number of epoxide rings is 2. The average molecular weight is 459 g/mol. The summed E-state index contributed by atoms with van der Waals surface area (Å²) in [5.41, 5.74) is 0.642. The smallest absolute Gasteiger partial charge is 0.331 e. The molecule has 3 unspecified atom stereocenters. The van der Waals surface area contributed by atoms with Crippen molar-refractivity contribution < 1.29 is 33.6 Å². The highest BCUT2D eigenvalue weighted by Crippen LogP contribution is 2.59. The Morgan fingerprint density at radius 3 is 2.30 bits per heavy atom. The Balaban J connectivity index is 1.59. The number of allylic oxidation sites excluding steroid dienone is 7. The quantitative estimate of drug-likeness (QED) is 0.174. The summed E-state index contributed by atoms with van der Waals surface area (Å²) in [5, 5.41) is 8.51. The van der Waals surface area contributed by atoms with Crippen LogP contribution in [0.1, 0.15) is 40.0 Å². The van der Waals surface area contributed by atoms with Crippen LogP contribution in [0.15, 0.2) is 60.3 Å². The third kappa shape index (κ3) is 6.31. The topological polar surface area (TPSA) is 97.9 Å². The minimum Gasteiger partial charge on any atom is -0.478 e. The van der Waals surface area contributed by atoms with Gasteiger partial charge >= 0.3 is 11.9 Å². The molecule has 33 heavy (non-hydrogen) atoms. The van der Waals surface area contributed by atoms with E-state index in [0.29, 0.717) is 13.0 Å². The van der Waals surface area contributed by atoms with Crippen LogP contribution in [0.4, 0.5) is 0 Å². The molecule has 2 aliphatic heterocycles. The number of carbonyl (C=O) groups is 2. The lowest BCUT2D eigenvalue weighted by Gasteiger charge is -2.42. The van der Waals surface area contributed by atoms with Crippen molar-refractivity contribution in [2.75, 3.05) is 13.7 Å². The lowest BCUT2D eigenvalue weighted by atomic mass is 9.68. The highest BCUT2D eigenvalue weighted by atomic mass is 16.6. The average Bonchev–Trinajstić information content (AvgIpc) is 3.67. The van der Waals surface area contributed by atoms with E-state index in [1.807, 2.05) is 0 Å². The van der Waals surface area contributed by atoms with Crippen LogP contribution in [0.25, 0.3) is 0 Å². The van der Waals surface area contributed by atoms with E-state index in [1.165, 1.54) is 17.7 Å². The molecule has 2 saturated heterocycles. The molecule has 3 aliphatic rings. The van der Waals surface area contributed by atoms with Crippen LogP contribution in [-0.2, 0) is 28.5 Å². The van der Waals surface area contributed by atoms with Gasteiger partial charge in [0.2, 0.25) is 0 Å². The molecule has 1 N–H and O–H groups in total. The molecule has 7 heteroatoms. The largest absolute Gasteiger partial charge is 0.478 e. The summed E-state index contributed by atoms with van der Waals surface area (Å²) < 4.78 is 23.8. The molecule has 0 aromatic carbocycles. The molecule has 7 nitrogen and oxygen atoms in total. The van der Waals surface area contributed by atoms with Crippen molar-refractivity contribution in [2.24, 2.45) is 5.92 Å². The fraction of sp³-hybridized carbons (Fsp3) is 0.538. The molecule has 3 fully saturated rings. The first-order valence-electron chi connectivity index (χ1n) is 11.3. The highest BCUT2D eigenvalue weighted by Gasteiger charge is 2.72. The molecule has 6 atom stereocenters. The van der Waals surface area contributed by atoms with Gasteiger partial charge < -0.3 is 24.1 Å². The third-order valence-corrected chi connectivity index (χ3v) is 6.53. The summed E-state index contributed by atoms with van der Waals surface area (Å²) >= 11 is 0. The number of carboxylic acids is 1. The van der Waals surface area contributed by atoms with Crippen molar-refractivity contribution in [3.63, 3.8) is 0 Å². The molecule has 180 valence electrons. The number of esters is 1. The number of carboxylic acid groups (broad SMARTS) is 1. The maximum atomic E-state index is 12.4. The van der Waals surface area contributed by atoms with Crippen LogP contribution in [0, 0.1) is 5.92 Å². The van der Waals surface area contributed by atoms with E-state index in [9.17, 15) is 9.59 Å². The van der Waals surface area contributed by atoms with Crippen LogP contribution >= 0.6 is 0 Å². The van der Waals surface area contributed by atoms with Crippen molar-refractivity contribution in [3.8, 4) is 0 Å². The fourth-order valence-electron chi connectivity index (χ4n) is 4.79. The van der Waals surface area contributed by atoms with E-state index < -0.39 is 11.9 Å². The lowest BCUT2D eigenvalue weighted by Crippen LogP contribution is -2.55. The predicted octanol–water partition coefficient (Wildman–Crippen LogP) is 3.92. The summed E-state index contributed by atoms with van der Waals surface area (Å²) in [7, 11) is 1.65. The van der Waals surface area contributed by atoms with Gasteiger partial charge in [-0.25, -0.2) is 9.59 Å². The van der Waals surface area contributed by atoms with E-state index in [4.69, 9.17) is 24.1 Å². The molecular formula is C26H34O7.